The minimum atomic E-state index is 0.0511. The number of para-hydroxylation sites is 1. The first-order chi connectivity index (χ1) is 9.84. The summed E-state index contributed by atoms with van der Waals surface area (Å²) < 4.78 is 0. The van der Waals surface area contributed by atoms with E-state index in [9.17, 15) is 0 Å². The molecule has 100 valence electrons. The Hall–Kier alpha value is -1.86. The normalized spacial score (nSPS) is 12.4. The van der Waals surface area contributed by atoms with Crippen LogP contribution in [-0.2, 0) is 6.42 Å². The molecule has 0 saturated carbocycles. The lowest BCUT2D eigenvalue weighted by Gasteiger charge is -2.10. The molecule has 3 aromatic rings. The van der Waals surface area contributed by atoms with E-state index in [1.807, 2.05) is 30.5 Å². The van der Waals surface area contributed by atoms with Crippen LogP contribution in [0.15, 0.2) is 66.9 Å². The Kier molecular flexibility index (Phi) is 3.98. The van der Waals surface area contributed by atoms with Gasteiger partial charge in [-0.15, -0.1) is 11.6 Å². The fraction of sp³-hybridized carbons (Fsp3) is 0.167. The van der Waals surface area contributed by atoms with Gasteiger partial charge in [-0.25, -0.2) is 0 Å². The van der Waals surface area contributed by atoms with Crippen molar-refractivity contribution in [1.82, 2.24) is 4.98 Å². The number of benzene rings is 2. The van der Waals surface area contributed by atoms with E-state index < -0.39 is 0 Å². The van der Waals surface area contributed by atoms with Gasteiger partial charge >= 0.3 is 0 Å². The molecule has 0 aliphatic heterocycles. The topological polar surface area (TPSA) is 12.9 Å². The molecular formula is C18H16ClN. The van der Waals surface area contributed by atoms with Gasteiger partial charge in [0.25, 0.3) is 0 Å². The van der Waals surface area contributed by atoms with Crippen LogP contribution in [0.4, 0.5) is 0 Å². The van der Waals surface area contributed by atoms with Crippen LogP contribution >= 0.6 is 11.6 Å². The summed E-state index contributed by atoms with van der Waals surface area (Å²) in [5.74, 6) is 0. The highest BCUT2D eigenvalue weighted by Gasteiger charge is 2.09. The van der Waals surface area contributed by atoms with Gasteiger partial charge in [-0.1, -0.05) is 54.6 Å². The molecule has 1 heterocycles. The largest absolute Gasteiger partial charge is 0.256 e. The number of halogens is 1. The predicted octanol–water partition coefficient (Wildman–Crippen LogP) is 5.15. The van der Waals surface area contributed by atoms with Crippen molar-refractivity contribution in [2.45, 2.75) is 18.2 Å². The first-order valence-corrected chi connectivity index (χ1v) is 7.30. The molecule has 0 amide bonds. The standard InChI is InChI=1S/C18H16ClN/c19-17(14-6-2-1-3-7-14)12-11-16-9-4-8-15-10-5-13-20-18(15)16/h1-10,13,17H,11-12H2. The van der Waals surface area contributed by atoms with E-state index in [1.54, 1.807) is 0 Å². The first-order valence-electron chi connectivity index (χ1n) is 6.86. The highest BCUT2D eigenvalue weighted by atomic mass is 35.5. The Balaban J connectivity index is 1.77. The van der Waals surface area contributed by atoms with Gasteiger partial charge in [0.15, 0.2) is 0 Å². The molecule has 0 radical (unpaired) electrons. The Labute approximate surface area is 124 Å². The van der Waals surface area contributed by atoms with E-state index >= 15 is 0 Å². The summed E-state index contributed by atoms with van der Waals surface area (Å²) in [6, 6.07) is 20.6. The summed E-state index contributed by atoms with van der Waals surface area (Å²) in [6.45, 7) is 0. The van der Waals surface area contributed by atoms with E-state index in [2.05, 4.69) is 41.4 Å². The van der Waals surface area contributed by atoms with Crippen LogP contribution in [0.25, 0.3) is 10.9 Å². The zero-order chi connectivity index (χ0) is 13.8. The van der Waals surface area contributed by atoms with Crippen molar-refractivity contribution < 1.29 is 0 Å². The summed E-state index contributed by atoms with van der Waals surface area (Å²) in [4.78, 5) is 4.49. The third kappa shape index (κ3) is 2.83. The lowest BCUT2D eigenvalue weighted by molar-refractivity contribution is 0.796. The molecule has 0 fully saturated rings. The van der Waals surface area contributed by atoms with E-state index in [1.165, 1.54) is 16.5 Å². The van der Waals surface area contributed by atoms with E-state index in [0.717, 1.165) is 18.4 Å². The molecule has 1 atom stereocenters. The zero-order valence-corrected chi connectivity index (χ0v) is 11.9. The van der Waals surface area contributed by atoms with Gasteiger partial charge in [0.2, 0.25) is 0 Å². The van der Waals surface area contributed by atoms with Gasteiger partial charge in [-0.3, -0.25) is 4.98 Å². The molecule has 1 nitrogen and oxygen atoms in total. The minimum absolute atomic E-state index is 0.0511. The molecular weight excluding hydrogens is 266 g/mol. The second-order valence-electron chi connectivity index (χ2n) is 4.91. The summed E-state index contributed by atoms with van der Waals surface area (Å²) in [5, 5.41) is 1.24. The maximum absolute atomic E-state index is 6.49. The summed E-state index contributed by atoms with van der Waals surface area (Å²) in [7, 11) is 0. The smallest absolute Gasteiger partial charge is 0.0733 e. The Bertz CT molecular complexity index is 689. The number of nitrogens with zero attached hydrogens (tertiary/aromatic N) is 1. The number of alkyl halides is 1. The summed E-state index contributed by atoms with van der Waals surface area (Å²) in [5.41, 5.74) is 3.54. The van der Waals surface area contributed by atoms with Crippen LogP contribution in [0.2, 0.25) is 0 Å². The van der Waals surface area contributed by atoms with Gasteiger partial charge in [0.05, 0.1) is 10.9 Å². The molecule has 0 spiro atoms. The fourth-order valence-corrected chi connectivity index (χ4v) is 2.73. The molecule has 3 rings (SSSR count). The quantitative estimate of drug-likeness (QED) is 0.603. The van der Waals surface area contributed by atoms with Gasteiger partial charge in [0.1, 0.15) is 0 Å². The molecule has 1 aromatic heterocycles. The number of hydrogen-bond donors (Lipinski definition) is 0. The highest BCUT2D eigenvalue weighted by molar-refractivity contribution is 6.20. The van der Waals surface area contributed by atoms with Gasteiger partial charge < -0.3 is 0 Å². The second kappa shape index (κ2) is 6.06. The molecule has 1 unspecified atom stereocenters. The average molecular weight is 282 g/mol. The van der Waals surface area contributed by atoms with Crippen LogP contribution in [0.5, 0.6) is 0 Å². The van der Waals surface area contributed by atoms with Crippen LogP contribution in [0.3, 0.4) is 0 Å². The van der Waals surface area contributed by atoms with Crippen LogP contribution in [-0.4, -0.2) is 4.98 Å². The monoisotopic (exact) mass is 281 g/mol. The minimum Gasteiger partial charge on any atom is -0.256 e. The Morgan fingerprint density at radius 1 is 0.900 bits per heavy atom. The molecule has 0 N–H and O–H groups in total. The Morgan fingerprint density at radius 2 is 1.70 bits per heavy atom. The second-order valence-corrected chi connectivity index (χ2v) is 5.44. The highest BCUT2D eigenvalue weighted by Crippen LogP contribution is 2.27. The third-order valence-corrected chi connectivity index (χ3v) is 4.01. The van der Waals surface area contributed by atoms with Crippen LogP contribution in [0.1, 0.15) is 22.9 Å². The molecule has 2 aromatic carbocycles. The lowest BCUT2D eigenvalue weighted by atomic mass is 10.0. The predicted molar refractivity (Wildman–Crippen MR) is 85.1 cm³/mol. The van der Waals surface area contributed by atoms with Crippen molar-refractivity contribution in [3.63, 3.8) is 0 Å². The van der Waals surface area contributed by atoms with Gasteiger partial charge in [0, 0.05) is 11.6 Å². The molecule has 0 saturated heterocycles. The number of rotatable bonds is 4. The van der Waals surface area contributed by atoms with Crippen LogP contribution in [0, 0.1) is 0 Å². The van der Waals surface area contributed by atoms with Gasteiger partial charge in [-0.2, -0.15) is 0 Å². The van der Waals surface area contributed by atoms with E-state index in [0.29, 0.717) is 0 Å². The number of aryl methyl sites for hydroxylation is 1. The van der Waals surface area contributed by atoms with Crippen molar-refractivity contribution in [1.29, 1.82) is 0 Å². The number of fused-ring (bicyclic) bond motifs is 1. The summed E-state index contributed by atoms with van der Waals surface area (Å²) >= 11 is 6.49. The molecule has 20 heavy (non-hydrogen) atoms. The number of hydrogen-bond acceptors (Lipinski definition) is 1. The first kappa shape index (κ1) is 13.1. The third-order valence-electron chi connectivity index (χ3n) is 3.54. The summed E-state index contributed by atoms with van der Waals surface area (Å²) in [6.07, 6.45) is 3.71. The van der Waals surface area contributed by atoms with Crippen molar-refractivity contribution in [2.75, 3.05) is 0 Å². The Morgan fingerprint density at radius 3 is 2.55 bits per heavy atom. The fourth-order valence-electron chi connectivity index (χ4n) is 2.48. The molecule has 0 bridgehead atoms. The van der Waals surface area contributed by atoms with E-state index in [-0.39, 0.29) is 5.38 Å². The zero-order valence-electron chi connectivity index (χ0n) is 11.2. The van der Waals surface area contributed by atoms with Crippen molar-refractivity contribution in [3.8, 4) is 0 Å². The molecule has 2 heteroatoms. The number of pyridine rings is 1. The van der Waals surface area contributed by atoms with Crippen molar-refractivity contribution >= 4 is 22.5 Å². The molecule has 0 aliphatic rings. The van der Waals surface area contributed by atoms with Gasteiger partial charge in [-0.05, 0) is 30.0 Å². The average Bonchev–Trinajstić information content (AvgIpc) is 2.53. The SMILES string of the molecule is ClC(CCc1cccc2cccnc12)c1ccccc1. The van der Waals surface area contributed by atoms with Crippen molar-refractivity contribution in [2.24, 2.45) is 0 Å². The number of aromatic nitrogens is 1. The van der Waals surface area contributed by atoms with Crippen LogP contribution < -0.4 is 0 Å². The molecule has 0 aliphatic carbocycles. The maximum atomic E-state index is 6.49. The maximum Gasteiger partial charge on any atom is 0.0733 e. The van der Waals surface area contributed by atoms with E-state index in [4.69, 9.17) is 11.6 Å². The lowest BCUT2D eigenvalue weighted by Crippen LogP contribution is -1.95. The van der Waals surface area contributed by atoms with Crippen molar-refractivity contribution in [3.05, 3.63) is 78.0 Å².